The molecule has 0 saturated carbocycles. The Balaban J connectivity index is 1.86. The number of halogens is 2. The fourth-order valence-electron chi connectivity index (χ4n) is 3.20. The molecule has 1 amide bonds. The number of benzene rings is 2. The molecule has 2 aromatic carbocycles. The molecule has 11 heteroatoms. The highest BCUT2D eigenvalue weighted by Gasteiger charge is 2.39. The molecule has 162 valence electrons. The van der Waals surface area contributed by atoms with Gasteiger partial charge in [-0.2, -0.15) is 0 Å². The lowest BCUT2D eigenvalue weighted by molar-refractivity contribution is 0.102. The van der Waals surface area contributed by atoms with Crippen LogP contribution in [0, 0.1) is 5.82 Å². The van der Waals surface area contributed by atoms with Crippen LogP contribution in [-0.4, -0.2) is 30.3 Å². The number of thioether (sulfide) groups is 1. The lowest BCUT2D eigenvalue weighted by Crippen LogP contribution is -2.36. The third-order valence-electron chi connectivity index (χ3n) is 4.58. The van der Waals surface area contributed by atoms with Crippen LogP contribution in [0.4, 0.5) is 15.8 Å². The second-order valence-corrected chi connectivity index (χ2v) is 10.9. The van der Waals surface area contributed by atoms with Gasteiger partial charge in [-0.05, 0) is 43.7 Å². The fourth-order valence-corrected chi connectivity index (χ4v) is 6.91. The Morgan fingerprint density at radius 3 is 2.63 bits per heavy atom. The highest BCUT2D eigenvalue weighted by Crippen LogP contribution is 2.33. The van der Waals surface area contributed by atoms with Gasteiger partial charge in [0.05, 0.1) is 21.6 Å². The molecule has 30 heavy (non-hydrogen) atoms. The van der Waals surface area contributed by atoms with E-state index in [2.05, 4.69) is 15.4 Å². The van der Waals surface area contributed by atoms with E-state index < -0.39 is 26.3 Å². The molecule has 1 fully saturated rings. The van der Waals surface area contributed by atoms with Crippen LogP contribution in [0.1, 0.15) is 29.8 Å². The molecule has 0 radical (unpaired) electrons. The second-order valence-electron chi connectivity index (χ2n) is 6.88. The molecule has 0 aliphatic carbocycles. The molecule has 0 bridgehead atoms. The summed E-state index contributed by atoms with van der Waals surface area (Å²) >= 11 is 7.25. The fraction of sp³-hybridized carbons (Fsp3) is 0.316. The highest BCUT2D eigenvalue weighted by atomic mass is 35.5. The number of amides is 1. The largest absolute Gasteiger partial charge is 0.326 e. The summed E-state index contributed by atoms with van der Waals surface area (Å²) in [6.45, 7) is 3.79. The van der Waals surface area contributed by atoms with Crippen LogP contribution in [0.15, 0.2) is 36.4 Å². The lowest BCUT2D eigenvalue weighted by Gasteiger charge is -2.19. The zero-order valence-corrected chi connectivity index (χ0v) is 18.7. The van der Waals surface area contributed by atoms with Crippen LogP contribution >= 0.6 is 23.4 Å². The third-order valence-corrected chi connectivity index (χ3v) is 8.73. The zero-order valence-electron chi connectivity index (χ0n) is 16.3. The molecule has 0 aromatic heterocycles. The third kappa shape index (κ3) is 4.89. The highest BCUT2D eigenvalue weighted by molar-refractivity contribution is 8.14. The number of sulfonamides is 1. The molecule has 1 saturated heterocycles. The predicted octanol–water partition coefficient (Wildman–Crippen LogP) is 3.33. The number of hydrogen-bond acceptors (Lipinski definition) is 6. The maximum absolute atomic E-state index is 14.0. The Kier molecular flexibility index (Phi) is 6.93. The van der Waals surface area contributed by atoms with Gasteiger partial charge in [0.2, 0.25) is 10.0 Å². The van der Waals surface area contributed by atoms with E-state index in [4.69, 9.17) is 17.3 Å². The zero-order chi connectivity index (χ0) is 22.1. The van der Waals surface area contributed by atoms with E-state index in [0.29, 0.717) is 5.56 Å². The molecule has 3 atom stereocenters. The lowest BCUT2D eigenvalue weighted by atomic mass is 10.1. The van der Waals surface area contributed by atoms with E-state index in [1.54, 1.807) is 19.1 Å². The minimum atomic E-state index is -3.74. The van der Waals surface area contributed by atoms with Gasteiger partial charge in [0, 0.05) is 18.3 Å². The summed E-state index contributed by atoms with van der Waals surface area (Å²) < 4.78 is 41.7. The van der Waals surface area contributed by atoms with Crippen LogP contribution < -0.4 is 21.1 Å². The Morgan fingerprint density at radius 1 is 1.30 bits per heavy atom. The second kappa shape index (κ2) is 9.11. The van der Waals surface area contributed by atoms with E-state index in [1.807, 2.05) is 6.92 Å². The number of nitrogens with two attached hydrogens (primary N) is 1. The van der Waals surface area contributed by atoms with Gasteiger partial charge < -0.3 is 16.4 Å². The first-order chi connectivity index (χ1) is 14.1. The van der Waals surface area contributed by atoms with Gasteiger partial charge in [0.25, 0.3) is 5.91 Å². The van der Waals surface area contributed by atoms with Crippen molar-refractivity contribution in [1.82, 2.24) is 5.32 Å². The standard InChI is InChI=1S/C19H22ClFN4O3S2/c1-10-19(29-11(2)23-10)30(27,28)25-16-8-13(7-6-12(16)9-22)24-18(26)17-14(20)4-3-5-15(17)21/h3-8,10-11,19,23,25H,9,22H2,1-2H3,(H,24,26). The van der Waals surface area contributed by atoms with Crippen LogP contribution in [0.5, 0.6) is 0 Å². The van der Waals surface area contributed by atoms with Crippen molar-refractivity contribution in [2.24, 2.45) is 5.73 Å². The molecule has 5 N–H and O–H groups in total. The Labute approximate surface area is 184 Å². The number of hydrogen-bond donors (Lipinski definition) is 4. The maximum atomic E-state index is 14.0. The molecule has 3 unspecified atom stereocenters. The minimum absolute atomic E-state index is 0.00620. The number of anilines is 2. The summed E-state index contributed by atoms with van der Waals surface area (Å²) in [4.78, 5) is 12.5. The molecule has 3 rings (SSSR count). The van der Waals surface area contributed by atoms with Crippen LogP contribution in [0.3, 0.4) is 0 Å². The molecule has 0 spiro atoms. The quantitative estimate of drug-likeness (QED) is 0.513. The average molecular weight is 473 g/mol. The van der Waals surface area contributed by atoms with Crippen molar-refractivity contribution in [3.8, 4) is 0 Å². The maximum Gasteiger partial charge on any atom is 0.260 e. The monoisotopic (exact) mass is 472 g/mol. The van der Waals surface area contributed by atoms with E-state index in [0.717, 1.165) is 6.07 Å². The first-order valence-electron chi connectivity index (χ1n) is 9.14. The number of carbonyl (C=O) groups excluding carboxylic acids is 1. The first kappa shape index (κ1) is 22.8. The van der Waals surface area contributed by atoms with E-state index in [9.17, 15) is 17.6 Å². The van der Waals surface area contributed by atoms with Crippen LogP contribution in [0.25, 0.3) is 0 Å². The van der Waals surface area contributed by atoms with E-state index in [-0.39, 0.29) is 39.9 Å². The van der Waals surface area contributed by atoms with Gasteiger partial charge in [0.1, 0.15) is 10.4 Å². The van der Waals surface area contributed by atoms with Gasteiger partial charge in [-0.1, -0.05) is 23.7 Å². The topological polar surface area (TPSA) is 113 Å². The summed E-state index contributed by atoms with van der Waals surface area (Å²) in [5.74, 6) is -1.50. The van der Waals surface area contributed by atoms with Crippen LogP contribution in [-0.2, 0) is 16.6 Å². The first-order valence-corrected chi connectivity index (χ1v) is 12.0. The van der Waals surface area contributed by atoms with Crippen molar-refractivity contribution in [3.63, 3.8) is 0 Å². The summed E-state index contributed by atoms with van der Waals surface area (Å²) in [7, 11) is -3.74. The van der Waals surface area contributed by atoms with Crippen molar-refractivity contribution in [1.29, 1.82) is 0 Å². The van der Waals surface area contributed by atoms with Gasteiger partial charge >= 0.3 is 0 Å². The smallest absolute Gasteiger partial charge is 0.260 e. The molecular weight excluding hydrogens is 451 g/mol. The molecule has 2 aromatic rings. The Hall–Kier alpha value is -1.85. The van der Waals surface area contributed by atoms with Crippen molar-refractivity contribution < 1.29 is 17.6 Å². The Morgan fingerprint density at radius 2 is 2.03 bits per heavy atom. The molecule has 1 aliphatic rings. The SMILES string of the molecule is CC1NC(C)C(S(=O)(=O)Nc2cc(NC(=O)c3c(F)cccc3Cl)ccc2CN)S1. The Bertz CT molecular complexity index is 1050. The molecule has 1 aliphatic heterocycles. The van der Waals surface area contributed by atoms with Crippen molar-refractivity contribution in [3.05, 3.63) is 58.4 Å². The van der Waals surface area contributed by atoms with Crippen molar-refractivity contribution >= 4 is 50.7 Å². The van der Waals surface area contributed by atoms with Gasteiger partial charge in [-0.25, -0.2) is 12.8 Å². The van der Waals surface area contributed by atoms with Gasteiger partial charge in [-0.3, -0.25) is 9.52 Å². The van der Waals surface area contributed by atoms with Gasteiger partial charge in [-0.15, -0.1) is 11.8 Å². The average Bonchev–Trinajstić information content (AvgIpc) is 3.00. The van der Waals surface area contributed by atoms with E-state index in [1.165, 1.54) is 30.0 Å². The van der Waals surface area contributed by atoms with Crippen molar-refractivity contribution in [2.45, 2.75) is 36.4 Å². The van der Waals surface area contributed by atoms with Gasteiger partial charge in [0.15, 0.2) is 0 Å². The predicted molar refractivity (Wildman–Crippen MR) is 120 cm³/mol. The summed E-state index contributed by atoms with van der Waals surface area (Å²) in [5.41, 5.74) is 6.53. The number of carbonyl (C=O) groups is 1. The number of nitrogens with one attached hydrogen (secondary N) is 3. The van der Waals surface area contributed by atoms with Crippen LogP contribution in [0.2, 0.25) is 5.02 Å². The van der Waals surface area contributed by atoms with E-state index >= 15 is 0 Å². The summed E-state index contributed by atoms with van der Waals surface area (Å²) in [6.07, 6.45) is 0. The minimum Gasteiger partial charge on any atom is -0.326 e. The normalized spacial score (nSPS) is 21.4. The summed E-state index contributed by atoms with van der Waals surface area (Å²) in [5, 5.41) is 5.69. The number of rotatable bonds is 6. The van der Waals surface area contributed by atoms with Crippen molar-refractivity contribution in [2.75, 3.05) is 10.0 Å². The molecule has 1 heterocycles. The summed E-state index contributed by atoms with van der Waals surface area (Å²) in [6, 6.07) is 8.31. The molecule has 7 nitrogen and oxygen atoms in total. The molecular formula is C19H22ClFN4O3S2.